The quantitative estimate of drug-likeness (QED) is 0.778. The number of benzene rings is 1. The van der Waals surface area contributed by atoms with Crippen LogP contribution in [0.15, 0.2) is 22.7 Å². The Morgan fingerprint density at radius 1 is 1.29 bits per heavy atom. The van der Waals surface area contributed by atoms with Crippen LogP contribution in [0.4, 0.5) is 0 Å². The van der Waals surface area contributed by atoms with Crippen molar-refractivity contribution in [1.82, 2.24) is 5.32 Å². The molecular formula is C18H23BrClN. The van der Waals surface area contributed by atoms with E-state index in [0.29, 0.717) is 6.04 Å². The van der Waals surface area contributed by atoms with Crippen LogP contribution in [0.1, 0.15) is 31.7 Å². The first-order valence-electron chi connectivity index (χ1n) is 8.36. The van der Waals surface area contributed by atoms with Crippen molar-refractivity contribution >= 4 is 27.5 Å². The fourth-order valence-electron chi connectivity index (χ4n) is 5.46. The zero-order valence-corrected chi connectivity index (χ0v) is 14.8. The van der Waals surface area contributed by atoms with Crippen molar-refractivity contribution in [1.29, 1.82) is 0 Å². The van der Waals surface area contributed by atoms with Gasteiger partial charge in [0, 0.05) is 15.5 Å². The van der Waals surface area contributed by atoms with E-state index >= 15 is 0 Å². The van der Waals surface area contributed by atoms with Gasteiger partial charge in [0.05, 0.1) is 0 Å². The zero-order chi connectivity index (χ0) is 14.6. The fourth-order valence-corrected chi connectivity index (χ4v) is 6.21. The summed E-state index contributed by atoms with van der Waals surface area (Å²) in [4.78, 5) is 0. The van der Waals surface area contributed by atoms with Gasteiger partial charge in [-0.15, -0.1) is 0 Å². The van der Waals surface area contributed by atoms with Gasteiger partial charge in [0.2, 0.25) is 0 Å². The second kappa shape index (κ2) is 5.54. The Labute approximate surface area is 141 Å². The molecule has 3 saturated carbocycles. The zero-order valence-electron chi connectivity index (χ0n) is 12.5. The summed E-state index contributed by atoms with van der Waals surface area (Å²) in [7, 11) is 0. The Balaban J connectivity index is 1.51. The van der Waals surface area contributed by atoms with Crippen molar-refractivity contribution in [3.8, 4) is 0 Å². The Bertz CT molecular complexity index is 530. The molecule has 2 bridgehead atoms. The number of fused-ring (bicyclic) bond motifs is 5. The molecule has 0 spiro atoms. The molecule has 0 aromatic heterocycles. The van der Waals surface area contributed by atoms with Crippen LogP contribution in [-0.2, 0) is 6.42 Å². The minimum Gasteiger partial charge on any atom is -0.314 e. The molecule has 0 saturated heterocycles. The SMILES string of the molecule is CCNC(Cc1ccc(Br)cc1Cl)C1C2C3CCC(C3)C21. The van der Waals surface area contributed by atoms with Crippen molar-refractivity contribution < 1.29 is 0 Å². The average molecular weight is 369 g/mol. The third-order valence-corrected chi connectivity index (χ3v) is 7.03. The van der Waals surface area contributed by atoms with Crippen molar-refractivity contribution in [3.05, 3.63) is 33.3 Å². The summed E-state index contributed by atoms with van der Waals surface area (Å²) in [6, 6.07) is 6.94. The van der Waals surface area contributed by atoms with E-state index in [0.717, 1.165) is 52.1 Å². The van der Waals surface area contributed by atoms with Gasteiger partial charge in [-0.05, 0) is 79.5 Å². The maximum Gasteiger partial charge on any atom is 0.0449 e. The first-order valence-corrected chi connectivity index (χ1v) is 9.53. The molecule has 1 aromatic rings. The highest BCUT2D eigenvalue weighted by molar-refractivity contribution is 9.10. The second-order valence-electron chi connectivity index (χ2n) is 7.17. The Hall–Kier alpha value is -0.0500. The molecule has 0 heterocycles. The summed E-state index contributed by atoms with van der Waals surface area (Å²) < 4.78 is 1.07. The van der Waals surface area contributed by atoms with E-state index in [2.05, 4.69) is 40.3 Å². The molecule has 3 fully saturated rings. The van der Waals surface area contributed by atoms with Crippen molar-refractivity contribution in [2.45, 2.75) is 38.6 Å². The van der Waals surface area contributed by atoms with Gasteiger partial charge in [0.1, 0.15) is 0 Å². The van der Waals surface area contributed by atoms with Crippen LogP contribution in [0.5, 0.6) is 0 Å². The molecular weight excluding hydrogens is 346 g/mol. The molecule has 5 atom stereocenters. The second-order valence-corrected chi connectivity index (χ2v) is 8.49. The standard InChI is InChI=1S/C18H23BrClN/c1-2-21-15(8-10-5-6-13(19)9-14(10)20)18-16-11-3-4-12(7-11)17(16)18/h5-6,9,11-12,15-18,21H,2-4,7-8H2,1H3. The number of nitrogens with one attached hydrogen (secondary N) is 1. The van der Waals surface area contributed by atoms with Gasteiger partial charge in [-0.3, -0.25) is 0 Å². The van der Waals surface area contributed by atoms with Gasteiger partial charge in [-0.2, -0.15) is 0 Å². The average Bonchev–Trinajstić information content (AvgIpc) is 2.88. The smallest absolute Gasteiger partial charge is 0.0449 e. The molecule has 0 aliphatic heterocycles. The number of hydrogen-bond donors (Lipinski definition) is 1. The summed E-state index contributed by atoms with van der Waals surface area (Å²) in [6.07, 6.45) is 5.61. The monoisotopic (exact) mass is 367 g/mol. The van der Waals surface area contributed by atoms with E-state index < -0.39 is 0 Å². The van der Waals surface area contributed by atoms with Crippen LogP contribution in [0.25, 0.3) is 0 Å². The minimum absolute atomic E-state index is 0.618. The topological polar surface area (TPSA) is 12.0 Å². The van der Waals surface area contributed by atoms with Gasteiger partial charge in [0.15, 0.2) is 0 Å². The van der Waals surface area contributed by atoms with E-state index in [1.807, 2.05) is 6.07 Å². The van der Waals surface area contributed by atoms with Gasteiger partial charge >= 0.3 is 0 Å². The van der Waals surface area contributed by atoms with Gasteiger partial charge in [-0.25, -0.2) is 0 Å². The van der Waals surface area contributed by atoms with E-state index in [4.69, 9.17) is 11.6 Å². The van der Waals surface area contributed by atoms with Crippen LogP contribution in [0.2, 0.25) is 5.02 Å². The molecule has 1 nitrogen and oxygen atoms in total. The first kappa shape index (κ1) is 14.5. The highest BCUT2D eigenvalue weighted by Gasteiger charge is 2.66. The van der Waals surface area contributed by atoms with Crippen LogP contribution < -0.4 is 5.32 Å². The van der Waals surface area contributed by atoms with Crippen LogP contribution in [-0.4, -0.2) is 12.6 Å². The Morgan fingerprint density at radius 2 is 2.00 bits per heavy atom. The lowest BCUT2D eigenvalue weighted by atomic mass is 9.93. The van der Waals surface area contributed by atoms with E-state index in [1.54, 1.807) is 0 Å². The summed E-state index contributed by atoms with van der Waals surface area (Å²) in [5.41, 5.74) is 1.29. The summed E-state index contributed by atoms with van der Waals surface area (Å²) >= 11 is 9.93. The predicted octanol–water partition coefficient (Wildman–Crippen LogP) is 4.92. The molecule has 3 aliphatic rings. The largest absolute Gasteiger partial charge is 0.314 e. The number of likely N-dealkylation sites (N-methyl/N-ethyl adjacent to an activating group) is 1. The highest BCUT2D eigenvalue weighted by atomic mass is 79.9. The van der Waals surface area contributed by atoms with Crippen LogP contribution >= 0.6 is 27.5 Å². The molecule has 4 rings (SSSR count). The molecule has 1 aromatic carbocycles. The Kier molecular flexibility index (Phi) is 3.84. The van der Waals surface area contributed by atoms with E-state index in [-0.39, 0.29) is 0 Å². The summed E-state index contributed by atoms with van der Waals surface area (Å²) in [6.45, 7) is 3.28. The highest BCUT2D eigenvalue weighted by Crippen LogP contribution is 2.70. The van der Waals surface area contributed by atoms with Gasteiger partial charge < -0.3 is 5.32 Å². The lowest BCUT2D eigenvalue weighted by molar-refractivity contribution is 0.366. The maximum absolute atomic E-state index is 6.43. The molecule has 5 unspecified atom stereocenters. The number of rotatable bonds is 5. The van der Waals surface area contributed by atoms with Crippen molar-refractivity contribution in [2.75, 3.05) is 6.54 Å². The molecule has 21 heavy (non-hydrogen) atoms. The molecule has 0 radical (unpaired) electrons. The lowest BCUT2D eigenvalue weighted by Crippen LogP contribution is -2.35. The van der Waals surface area contributed by atoms with E-state index in [1.165, 1.54) is 24.8 Å². The third-order valence-electron chi connectivity index (χ3n) is 6.18. The third kappa shape index (κ3) is 2.48. The number of hydrogen-bond acceptors (Lipinski definition) is 1. The summed E-state index contributed by atoms with van der Waals surface area (Å²) in [5.74, 6) is 5.07. The van der Waals surface area contributed by atoms with Gasteiger partial charge in [-0.1, -0.05) is 40.5 Å². The van der Waals surface area contributed by atoms with Crippen LogP contribution in [0.3, 0.4) is 0 Å². The minimum atomic E-state index is 0.618. The first-order chi connectivity index (χ1) is 10.2. The Morgan fingerprint density at radius 3 is 2.62 bits per heavy atom. The molecule has 114 valence electrons. The fraction of sp³-hybridized carbons (Fsp3) is 0.667. The van der Waals surface area contributed by atoms with E-state index in [9.17, 15) is 0 Å². The molecule has 3 aliphatic carbocycles. The summed E-state index contributed by atoms with van der Waals surface area (Å²) in [5, 5.41) is 4.67. The predicted molar refractivity (Wildman–Crippen MR) is 91.6 cm³/mol. The van der Waals surface area contributed by atoms with Crippen LogP contribution in [0, 0.1) is 29.6 Å². The van der Waals surface area contributed by atoms with Gasteiger partial charge in [0.25, 0.3) is 0 Å². The lowest BCUT2D eigenvalue weighted by Gasteiger charge is -2.22. The molecule has 3 heteroatoms. The maximum atomic E-state index is 6.43. The number of halogens is 2. The van der Waals surface area contributed by atoms with Crippen molar-refractivity contribution in [2.24, 2.45) is 29.6 Å². The van der Waals surface area contributed by atoms with Crippen molar-refractivity contribution in [3.63, 3.8) is 0 Å². The molecule has 1 N–H and O–H groups in total. The molecule has 0 amide bonds. The normalized spacial score (nSPS) is 37.6.